The largest absolute Gasteiger partial charge is 0.277 e. The average molecular weight is 112 g/mol. The molecule has 0 aromatic rings. The molecule has 2 heteroatoms. The maximum atomic E-state index is 3.94. The lowest BCUT2D eigenvalue weighted by atomic mass is 10.7. The Bertz CT molecular complexity index is 82.7. The van der Waals surface area contributed by atoms with Crippen molar-refractivity contribution in [3.63, 3.8) is 0 Å². The first-order valence-electron chi connectivity index (χ1n) is 2.65. The number of allylic oxidation sites excluding steroid dienone is 1. The van der Waals surface area contributed by atoms with Crippen molar-refractivity contribution >= 4 is 6.21 Å². The summed E-state index contributed by atoms with van der Waals surface area (Å²) in [5.74, 6) is 0. The van der Waals surface area contributed by atoms with Crippen molar-refractivity contribution in [1.82, 2.24) is 5.01 Å². The van der Waals surface area contributed by atoms with E-state index in [4.69, 9.17) is 0 Å². The minimum Gasteiger partial charge on any atom is -0.277 e. The number of hydrogen-bond acceptors (Lipinski definition) is 2. The molecule has 0 aromatic carbocycles. The van der Waals surface area contributed by atoms with Crippen LogP contribution in [0.4, 0.5) is 0 Å². The van der Waals surface area contributed by atoms with Crippen LogP contribution in [0.1, 0.15) is 13.8 Å². The molecule has 0 rings (SSSR count). The molecular formula is C6H12N2. The molecule has 0 unspecified atom stereocenters. The highest BCUT2D eigenvalue weighted by Gasteiger charge is 1.74. The van der Waals surface area contributed by atoms with Crippen LogP contribution < -0.4 is 0 Å². The number of nitrogens with zero attached hydrogens (tertiary/aromatic N) is 2. The summed E-state index contributed by atoms with van der Waals surface area (Å²) in [6.45, 7) is 3.85. The molecule has 0 N–H and O–H groups in total. The van der Waals surface area contributed by atoms with E-state index in [0.29, 0.717) is 0 Å². The predicted octanol–water partition coefficient (Wildman–Crippen LogP) is 1.46. The van der Waals surface area contributed by atoms with E-state index in [1.165, 1.54) is 0 Å². The van der Waals surface area contributed by atoms with Gasteiger partial charge in [-0.1, -0.05) is 6.08 Å². The van der Waals surface area contributed by atoms with Gasteiger partial charge in [-0.2, -0.15) is 5.10 Å². The summed E-state index contributed by atoms with van der Waals surface area (Å²) in [4.78, 5) is 0. The van der Waals surface area contributed by atoms with Crippen molar-refractivity contribution in [2.75, 3.05) is 7.05 Å². The monoisotopic (exact) mass is 112 g/mol. The van der Waals surface area contributed by atoms with Gasteiger partial charge in [-0.15, -0.1) is 0 Å². The van der Waals surface area contributed by atoms with Crippen LogP contribution in [-0.4, -0.2) is 18.3 Å². The Balaban J connectivity index is 3.47. The summed E-state index contributed by atoms with van der Waals surface area (Å²) >= 11 is 0. The second-order valence-corrected chi connectivity index (χ2v) is 1.43. The third-order valence-electron chi connectivity index (χ3n) is 0.662. The lowest BCUT2D eigenvalue weighted by Gasteiger charge is -2.02. The zero-order chi connectivity index (χ0) is 6.41. The molecule has 8 heavy (non-hydrogen) atoms. The van der Waals surface area contributed by atoms with Gasteiger partial charge >= 0.3 is 0 Å². The summed E-state index contributed by atoms with van der Waals surface area (Å²) in [7, 11) is 1.89. The molecule has 0 aliphatic heterocycles. The van der Waals surface area contributed by atoms with Gasteiger partial charge in [0.05, 0.1) is 0 Å². The summed E-state index contributed by atoms with van der Waals surface area (Å²) in [6.07, 6.45) is 5.58. The number of hydrazone groups is 1. The zero-order valence-electron chi connectivity index (χ0n) is 5.63. The fraction of sp³-hybridized carbons (Fsp3) is 0.500. The molecule has 0 saturated heterocycles. The van der Waals surface area contributed by atoms with Crippen molar-refractivity contribution in [3.8, 4) is 0 Å². The molecule has 0 heterocycles. The minimum absolute atomic E-state index is 1.75. The van der Waals surface area contributed by atoms with Crippen LogP contribution >= 0.6 is 0 Å². The quantitative estimate of drug-likeness (QED) is 0.390. The van der Waals surface area contributed by atoms with Gasteiger partial charge < -0.3 is 0 Å². The Morgan fingerprint density at radius 3 is 2.38 bits per heavy atom. The average Bonchev–Trinajstić information content (AvgIpc) is 1.68. The molecule has 2 nitrogen and oxygen atoms in total. The standard InChI is InChI=1S/C6H12N2/c1-4-6-8(3)7-5-2/h4-6H,1-3H3/b6-4-,7-5-. The van der Waals surface area contributed by atoms with Crippen LogP contribution in [0.5, 0.6) is 0 Å². The van der Waals surface area contributed by atoms with Crippen molar-refractivity contribution in [2.24, 2.45) is 5.10 Å². The van der Waals surface area contributed by atoms with Crippen molar-refractivity contribution < 1.29 is 0 Å². The summed E-state index contributed by atoms with van der Waals surface area (Å²) in [5, 5.41) is 5.69. The van der Waals surface area contributed by atoms with Gasteiger partial charge in [-0.3, -0.25) is 5.01 Å². The van der Waals surface area contributed by atoms with E-state index in [2.05, 4.69) is 5.10 Å². The molecule has 0 aliphatic rings. The van der Waals surface area contributed by atoms with Gasteiger partial charge in [-0.05, 0) is 13.8 Å². The highest BCUT2D eigenvalue weighted by atomic mass is 15.4. The lowest BCUT2D eigenvalue weighted by Crippen LogP contribution is -1.99. The minimum atomic E-state index is 1.75. The first kappa shape index (κ1) is 7.21. The first-order chi connectivity index (χ1) is 3.81. The maximum absolute atomic E-state index is 3.94. The summed E-state index contributed by atoms with van der Waals surface area (Å²) in [6, 6.07) is 0. The fourth-order valence-electron chi connectivity index (χ4n) is 0.436. The molecular weight excluding hydrogens is 100 g/mol. The fourth-order valence-corrected chi connectivity index (χ4v) is 0.436. The van der Waals surface area contributed by atoms with E-state index in [9.17, 15) is 0 Å². The van der Waals surface area contributed by atoms with Crippen molar-refractivity contribution in [3.05, 3.63) is 12.3 Å². The Kier molecular flexibility index (Phi) is 3.94. The molecule has 0 fully saturated rings. The summed E-state index contributed by atoms with van der Waals surface area (Å²) < 4.78 is 0. The SMILES string of the molecule is C/C=C\N(C)/N=C\C. The van der Waals surface area contributed by atoms with E-state index in [1.807, 2.05) is 33.2 Å². The van der Waals surface area contributed by atoms with Crippen molar-refractivity contribution in [1.29, 1.82) is 0 Å². The lowest BCUT2D eigenvalue weighted by molar-refractivity contribution is 0.492. The second-order valence-electron chi connectivity index (χ2n) is 1.43. The van der Waals surface area contributed by atoms with Crippen molar-refractivity contribution in [2.45, 2.75) is 13.8 Å². The van der Waals surface area contributed by atoms with Crippen LogP contribution in [-0.2, 0) is 0 Å². The maximum Gasteiger partial charge on any atom is 0.0296 e. The molecule has 0 radical (unpaired) electrons. The van der Waals surface area contributed by atoms with E-state index in [0.717, 1.165) is 0 Å². The first-order valence-corrected chi connectivity index (χ1v) is 2.65. The molecule has 0 saturated carbocycles. The highest BCUT2D eigenvalue weighted by molar-refractivity contribution is 5.52. The van der Waals surface area contributed by atoms with Crippen LogP contribution in [0.15, 0.2) is 17.4 Å². The van der Waals surface area contributed by atoms with E-state index >= 15 is 0 Å². The summed E-state index contributed by atoms with van der Waals surface area (Å²) in [5.41, 5.74) is 0. The van der Waals surface area contributed by atoms with E-state index < -0.39 is 0 Å². The zero-order valence-corrected chi connectivity index (χ0v) is 5.63. The van der Waals surface area contributed by atoms with Gasteiger partial charge in [-0.25, -0.2) is 0 Å². The predicted molar refractivity (Wildman–Crippen MR) is 36.7 cm³/mol. The molecule has 0 amide bonds. The smallest absolute Gasteiger partial charge is 0.0296 e. The Morgan fingerprint density at radius 2 is 2.00 bits per heavy atom. The Morgan fingerprint density at radius 1 is 1.38 bits per heavy atom. The van der Waals surface area contributed by atoms with Crippen LogP contribution in [0.25, 0.3) is 0 Å². The molecule has 0 aliphatic carbocycles. The van der Waals surface area contributed by atoms with Gasteiger partial charge in [0.2, 0.25) is 0 Å². The second kappa shape index (κ2) is 4.37. The van der Waals surface area contributed by atoms with Gasteiger partial charge in [0.1, 0.15) is 0 Å². The van der Waals surface area contributed by atoms with Gasteiger partial charge in [0.15, 0.2) is 0 Å². The molecule has 0 spiro atoms. The van der Waals surface area contributed by atoms with E-state index in [1.54, 1.807) is 11.2 Å². The molecule has 0 aromatic heterocycles. The van der Waals surface area contributed by atoms with Gasteiger partial charge in [0, 0.05) is 19.5 Å². The Labute approximate surface area is 50.5 Å². The van der Waals surface area contributed by atoms with E-state index in [-0.39, 0.29) is 0 Å². The number of hydrogen-bond donors (Lipinski definition) is 0. The highest BCUT2D eigenvalue weighted by Crippen LogP contribution is 1.81. The number of rotatable bonds is 2. The molecule has 46 valence electrons. The molecule has 0 atom stereocenters. The normalized spacial score (nSPS) is 11.4. The third-order valence-corrected chi connectivity index (χ3v) is 0.662. The van der Waals surface area contributed by atoms with Crippen LogP contribution in [0, 0.1) is 0 Å². The van der Waals surface area contributed by atoms with Gasteiger partial charge in [0.25, 0.3) is 0 Å². The molecule has 0 bridgehead atoms. The van der Waals surface area contributed by atoms with Crippen LogP contribution in [0.3, 0.4) is 0 Å². The third kappa shape index (κ3) is 3.40. The van der Waals surface area contributed by atoms with Crippen LogP contribution in [0.2, 0.25) is 0 Å². The topological polar surface area (TPSA) is 15.6 Å². The Hall–Kier alpha value is -0.790.